The van der Waals surface area contributed by atoms with Crippen LogP contribution in [-0.2, 0) is 16.4 Å². The van der Waals surface area contributed by atoms with E-state index < -0.39 is 20.9 Å². The molecule has 0 radical (unpaired) electrons. The van der Waals surface area contributed by atoms with E-state index in [1.165, 1.54) is 19.2 Å². The summed E-state index contributed by atoms with van der Waals surface area (Å²) in [5.74, 6) is 0.926. The summed E-state index contributed by atoms with van der Waals surface area (Å²) < 4.78 is 59.7. The van der Waals surface area contributed by atoms with Gasteiger partial charge in [0, 0.05) is 17.5 Å². The Morgan fingerprint density at radius 1 is 1.18 bits per heavy atom. The third-order valence-corrected chi connectivity index (χ3v) is 9.41. The Hall–Kier alpha value is -3.03. The molecule has 3 aromatic rings. The van der Waals surface area contributed by atoms with E-state index in [9.17, 15) is 12.8 Å². The molecule has 8 heteroatoms. The highest BCUT2D eigenvalue weighted by Crippen LogP contribution is 2.45. The van der Waals surface area contributed by atoms with Crippen LogP contribution in [0, 0.1) is 12.7 Å². The summed E-state index contributed by atoms with van der Waals surface area (Å²) in [6.07, 6.45) is 2.28. The van der Waals surface area contributed by atoms with Crippen molar-refractivity contribution in [3.05, 3.63) is 94.3 Å². The molecule has 202 valence electrons. The van der Waals surface area contributed by atoms with Crippen LogP contribution in [0.3, 0.4) is 0 Å². The Bertz CT molecular complexity index is 1420. The van der Waals surface area contributed by atoms with Gasteiger partial charge in [0.25, 0.3) is 0 Å². The number of aryl methyl sites for hydroxylation is 1. The number of rotatable bonds is 10. The Morgan fingerprint density at radius 3 is 2.68 bits per heavy atom. The topological polar surface area (TPSA) is 61.8 Å². The van der Waals surface area contributed by atoms with Crippen molar-refractivity contribution in [2.75, 3.05) is 7.11 Å². The molecule has 3 aromatic carbocycles. The summed E-state index contributed by atoms with van der Waals surface area (Å²) in [4.78, 5) is 0.180. The number of methoxy groups -OCH3 is 1. The van der Waals surface area contributed by atoms with Crippen molar-refractivity contribution in [3.8, 4) is 17.2 Å². The maximum atomic E-state index is 14.2. The van der Waals surface area contributed by atoms with Gasteiger partial charge in [-0.1, -0.05) is 42.8 Å². The first-order valence-corrected chi connectivity index (χ1v) is 14.5. The van der Waals surface area contributed by atoms with Crippen LogP contribution in [-0.4, -0.2) is 21.6 Å². The molecular formula is C30H32ClFO5S. The zero-order valence-corrected chi connectivity index (χ0v) is 23.4. The molecule has 0 fully saturated rings. The monoisotopic (exact) mass is 558 g/mol. The molecular weight excluding hydrogens is 527 g/mol. The summed E-state index contributed by atoms with van der Waals surface area (Å²) in [7, 11) is -2.30. The molecule has 0 saturated heterocycles. The molecule has 1 heterocycles. The molecule has 2 unspecified atom stereocenters. The van der Waals surface area contributed by atoms with Crippen LogP contribution in [0.5, 0.6) is 17.2 Å². The van der Waals surface area contributed by atoms with Gasteiger partial charge in [-0.25, -0.2) is 12.8 Å². The van der Waals surface area contributed by atoms with Gasteiger partial charge in [0.15, 0.2) is 9.84 Å². The third kappa shape index (κ3) is 6.00. The Kier molecular flexibility index (Phi) is 8.68. The van der Waals surface area contributed by atoms with E-state index in [0.29, 0.717) is 29.2 Å². The lowest BCUT2D eigenvalue weighted by atomic mass is 9.97. The molecule has 1 aliphatic heterocycles. The molecule has 0 spiro atoms. The predicted octanol–water partition coefficient (Wildman–Crippen LogP) is 7.79. The van der Waals surface area contributed by atoms with Crippen molar-refractivity contribution < 1.29 is 27.0 Å². The second kappa shape index (κ2) is 11.8. The first kappa shape index (κ1) is 28.0. The molecule has 5 nitrogen and oxygen atoms in total. The van der Waals surface area contributed by atoms with Crippen molar-refractivity contribution in [1.29, 1.82) is 0 Å². The van der Waals surface area contributed by atoms with Crippen LogP contribution < -0.4 is 14.2 Å². The quantitative estimate of drug-likeness (QED) is 0.238. The van der Waals surface area contributed by atoms with E-state index in [0.717, 1.165) is 24.0 Å². The Balaban J connectivity index is 1.69. The number of hydrogen-bond donors (Lipinski definition) is 0. The normalized spacial score (nSPS) is 16.9. The maximum absolute atomic E-state index is 14.2. The van der Waals surface area contributed by atoms with E-state index >= 15 is 0 Å². The smallest absolute Gasteiger partial charge is 0.185 e. The minimum Gasteiger partial charge on any atom is -0.496 e. The highest BCUT2D eigenvalue weighted by molar-refractivity contribution is 7.91. The predicted molar refractivity (Wildman–Crippen MR) is 148 cm³/mol. The lowest BCUT2D eigenvalue weighted by Gasteiger charge is -2.32. The standard InChI is InChI=1S/C30H32ClFO5S/c1-5-19(2)9-11-22-16-30(38(33,34)23-13-10-20(3)29(17-23)35-4)24-15-21(12-14-28(24)37-22)36-18-25-26(31)7-6-8-27(25)32/h6-8,10,12-15,17,22,30H,2,5,9,11,16,18H2,1,3-4H3. The summed E-state index contributed by atoms with van der Waals surface area (Å²) in [6.45, 7) is 7.89. The van der Waals surface area contributed by atoms with E-state index in [4.69, 9.17) is 25.8 Å². The maximum Gasteiger partial charge on any atom is 0.185 e. The first-order valence-electron chi connectivity index (χ1n) is 12.6. The third-order valence-electron chi connectivity index (χ3n) is 6.95. The van der Waals surface area contributed by atoms with Gasteiger partial charge in [0.1, 0.15) is 35.8 Å². The van der Waals surface area contributed by atoms with Gasteiger partial charge < -0.3 is 14.2 Å². The molecule has 0 bridgehead atoms. The van der Waals surface area contributed by atoms with E-state index in [1.54, 1.807) is 42.5 Å². The molecule has 0 aliphatic carbocycles. The largest absolute Gasteiger partial charge is 0.496 e. The van der Waals surface area contributed by atoms with Gasteiger partial charge in [-0.2, -0.15) is 0 Å². The lowest BCUT2D eigenvalue weighted by Crippen LogP contribution is -2.30. The molecule has 0 amide bonds. The number of ether oxygens (including phenoxy) is 3. The highest BCUT2D eigenvalue weighted by Gasteiger charge is 2.38. The fourth-order valence-electron chi connectivity index (χ4n) is 4.55. The molecule has 0 N–H and O–H groups in total. The van der Waals surface area contributed by atoms with Crippen molar-refractivity contribution in [1.82, 2.24) is 0 Å². The number of benzene rings is 3. The molecule has 1 aliphatic rings. The molecule has 4 rings (SSSR count). The second-order valence-corrected chi connectivity index (χ2v) is 12.0. The Morgan fingerprint density at radius 2 is 1.97 bits per heavy atom. The van der Waals surface area contributed by atoms with Crippen LogP contribution in [0.4, 0.5) is 4.39 Å². The summed E-state index contributed by atoms with van der Waals surface area (Å²) >= 11 is 6.14. The lowest BCUT2D eigenvalue weighted by molar-refractivity contribution is 0.160. The number of allylic oxidation sites excluding steroid dienone is 1. The van der Waals surface area contributed by atoms with Crippen molar-refractivity contribution in [2.24, 2.45) is 0 Å². The van der Waals surface area contributed by atoms with Crippen molar-refractivity contribution >= 4 is 21.4 Å². The van der Waals surface area contributed by atoms with Crippen LogP contribution in [0.25, 0.3) is 0 Å². The summed E-state index contributed by atoms with van der Waals surface area (Å²) in [5.41, 5.74) is 2.68. The summed E-state index contributed by atoms with van der Waals surface area (Å²) in [6, 6.07) is 14.4. The first-order chi connectivity index (χ1) is 18.1. The van der Waals surface area contributed by atoms with E-state index in [2.05, 4.69) is 6.58 Å². The minimum atomic E-state index is -3.82. The zero-order valence-electron chi connectivity index (χ0n) is 21.8. The molecule has 2 atom stereocenters. The van der Waals surface area contributed by atoms with Gasteiger partial charge in [-0.05, 0) is 74.2 Å². The SMILES string of the molecule is C=C(CC)CCC1CC(S(=O)(=O)c2ccc(C)c(OC)c2)c2cc(OCc3c(F)cccc3Cl)ccc2O1. The average molecular weight is 559 g/mol. The molecule has 0 saturated carbocycles. The van der Waals surface area contributed by atoms with Gasteiger partial charge in [-0.3, -0.25) is 0 Å². The summed E-state index contributed by atoms with van der Waals surface area (Å²) in [5, 5.41) is -0.601. The second-order valence-electron chi connectivity index (χ2n) is 9.47. The highest BCUT2D eigenvalue weighted by atomic mass is 35.5. The fraction of sp³-hybridized carbons (Fsp3) is 0.333. The van der Waals surface area contributed by atoms with Crippen molar-refractivity contribution in [3.63, 3.8) is 0 Å². The van der Waals surface area contributed by atoms with Crippen LogP contribution in [0.15, 0.2) is 71.6 Å². The van der Waals surface area contributed by atoms with Gasteiger partial charge in [0.2, 0.25) is 0 Å². The average Bonchev–Trinajstić information content (AvgIpc) is 2.91. The van der Waals surface area contributed by atoms with Gasteiger partial charge >= 0.3 is 0 Å². The van der Waals surface area contributed by atoms with E-state index in [1.807, 2.05) is 13.8 Å². The van der Waals surface area contributed by atoms with E-state index in [-0.39, 0.29) is 34.6 Å². The minimum absolute atomic E-state index is 0.0977. The Labute approximate surface area is 229 Å². The zero-order chi connectivity index (χ0) is 27.4. The molecule has 0 aromatic heterocycles. The van der Waals surface area contributed by atoms with Crippen LogP contribution >= 0.6 is 11.6 Å². The molecule has 38 heavy (non-hydrogen) atoms. The number of fused-ring (bicyclic) bond motifs is 1. The number of sulfone groups is 1. The van der Waals surface area contributed by atoms with Crippen molar-refractivity contribution in [2.45, 2.75) is 62.4 Å². The van der Waals surface area contributed by atoms with Crippen LogP contribution in [0.1, 0.15) is 54.5 Å². The van der Waals surface area contributed by atoms with Gasteiger partial charge in [-0.15, -0.1) is 0 Å². The fourth-order valence-corrected chi connectivity index (χ4v) is 6.61. The number of halogens is 2. The van der Waals surface area contributed by atoms with Crippen LogP contribution in [0.2, 0.25) is 5.02 Å². The number of hydrogen-bond acceptors (Lipinski definition) is 5. The van der Waals surface area contributed by atoms with Gasteiger partial charge in [0.05, 0.1) is 22.3 Å².